The number of hydrogen-bond donors (Lipinski definition) is 6. The molecule has 6 N–H and O–H groups in total. The zero-order valence-corrected chi connectivity index (χ0v) is 26.6. The highest BCUT2D eigenvalue weighted by Gasteiger charge is 2.37. The largest absolute Gasteiger partial charge is 0.493 e. The van der Waals surface area contributed by atoms with E-state index in [-0.39, 0.29) is 24.8 Å². The van der Waals surface area contributed by atoms with Gasteiger partial charge in [0, 0.05) is 51.3 Å². The van der Waals surface area contributed by atoms with Gasteiger partial charge in [-0.3, -0.25) is 4.79 Å². The van der Waals surface area contributed by atoms with Crippen LogP contribution in [0.4, 0.5) is 10.3 Å². The molecule has 3 aliphatic rings. The number of halogens is 2. The van der Waals surface area contributed by atoms with Crippen LogP contribution in [0.5, 0.6) is 5.75 Å². The molecule has 3 fully saturated rings. The quantitative estimate of drug-likeness (QED) is 0.158. The van der Waals surface area contributed by atoms with E-state index < -0.39 is 36.8 Å². The molecule has 0 radical (unpaired) electrons. The predicted octanol–water partition coefficient (Wildman–Crippen LogP) is 0.617. The topological polar surface area (TPSA) is 172 Å². The summed E-state index contributed by atoms with van der Waals surface area (Å²) in [7, 11) is 0. The molecule has 4 atom stereocenters. The molecule has 2 saturated heterocycles. The number of nitrogens with zero attached hydrogens (tertiary/aromatic N) is 4. The number of benzene rings is 1. The van der Waals surface area contributed by atoms with E-state index in [0.717, 1.165) is 44.7 Å². The Bertz CT molecular complexity index is 1280. The molecule has 3 heterocycles. The summed E-state index contributed by atoms with van der Waals surface area (Å²) in [5, 5.41) is 51.3. The molecule has 1 aromatic carbocycles. The van der Waals surface area contributed by atoms with Crippen LogP contribution in [-0.2, 0) is 11.2 Å². The number of carbonyl (C=O) groups excluding carboxylic acids is 1. The minimum Gasteiger partial charge on any atom is -0.493 e. The van der Waals surface area contributed by atoms with Gasteiger partial charge in [-0.15, -0.1) is 0 Å². The molecule has 2 aromatic rings. The lowest BCUT2D eigenvalue weighted by Gasteiger charge is -2.43. The molecule has 5 rings (SSSR count). The number of anilines is 1. The van der Waals surface area contributed by atoms with Crippen molar-refractivity contribution in [2.75, 3.05) is 57.4 Å². The molecule has 0 unspecified atom stereocenters. The highest BCUT2D eigenvalue weighted by molar-refractivity contribution is 6.30. The smallest absolute Gasteiger partial charge is 0.227 e. The van der Waals surface area contributed by atoms with Crippen molar-refractivity contribution in [2.45, 2.75) is 56.5 Å². The Balaban J connectivity index is 0.946. The van der Waals surface area contributed by atoms with Gasteiger partial charge in [-0.05, 0) is 55.1 Å². The SMILES string of the molecule is O=C(Cc1ccc(OCC2CC(C3CCN(c4ncc(Cl)cn4)CC3)C2)cc1F)N1CC(CNC[C@H](O)[C@@H](O)[C@H](O)[C@H](O)CO)C1. The van der Waals surface area contributed by atoms with Crippen molar-refractivity contribution >= 4 is 23.5 Å². The average molecular weight is 666 g/mol. The predicted molar refractivity (Wildman–Crippen MR) is 168 cm³/mol. The number of nitrogens with one attached hydrogen (secondary N) is 1. The first kappa shape index (κ1) is 34.7. The van der Waals surface area contributed by atoms with Crippen molar-refractivity contribution in [3.63, 3.8) is 0 Å². The zero-order chi connectivity index (χ0) is 32.8. The fraction of sp³-hybridized carbons (Fsp3) is 0.656. The Morgan fingerprint density at radius 1 is 1.02 bits per heavy atom. The summed E-state index contributed by atoms with van der Waals surface area (Å²) in [5.74, 6) is 2.53. The van der Waals surface area contributed by atoms with Crippen molar-refractivity contribution in [1.29, 1.82) is 0 Å². The van der Waals surface area contributed by atoms with Crippen molar-refractivity contribution in [3.05, 3.63) is 47.0 Å². The van der Waals surface area contributed by atoms with E-state index in [1.54, 1.807) is 29.4 Å². The molecule has 1 amide bonds. The van der Waals surface area contributed by atoms with Crippen molar-refractivity contribution in [1.82, 2.24) is 20.2 Å². The molecule has 46 heavy (non-hydrogen) atoms. The summed E-state index contributed by atoms with van der Waals surface area (Å²) in [6, 6.07) is 4.68. The number of aliphatic hydroxyl groups excluding tert-OH is 5. The molecule has 254 valence electrons. The van der Waals surface area contributed by atoms with Crippen LogP contribution in [0.25, 0.3) is 0 Å². The third-order valence-electron chi connectivity index (χ3n) is 9.64. The maximum atomic E-state index is 14.8. The lowest BCUT2D eigenvalue weighted by atomic mass is 9.66. The Labute approximate surface area is 273 Å². The second-order valence-electron chi connectivity index (χ2n) is 13.0. The minimum absolute atomic E-state index is 0.0385. The maximum absolute atomic E-state index is 14.8. The summed E-state index contributed by atoms with van der Waals surface area (Å²) in [6.45, 7) is 3.09. The lowest BCUT2D eigenvalue weighted by molar-refractivity contribution is -0.136. The molecule has 14 heteroatoms. The minimum atomic E-state index is -1.67. The van der Waals surface area contributed by atoms with Crippen LogP contribution in [0, 0.1) is 29.5 Å². The lowest BCUT2D eigenvalue weighted by Crippen LogP contribution is -2.55. The van der Waals surface area contributed by atoms with Gasteiger partial charge in [-0.1, -0.05) is 17.7 Å². The average Bonchev–Trinajstić information content (AvgIpc) is 3.01. The fourth-order valence-corrected chi connectivity index (χ4v) is 6.72. The fourth-order valence-electron chi connectivity index (χ4n) is 6.62. The molecule has 1 saturated carbocycles. The van der Waals surface area contributed by atoms with Crippen molar-refractivity contribution < 1.29 is 39.5 Å². The molecule has 0 bridgehead atoms. The number of rotatable bonds is 15. The van der Waals surface area contributed by atoms with Gasteiger partial charge < -0.3 is 45.4 Å². The Hall–Kier alpha value is -2.65. The number of aromatic nitrogens is 2. The normalized spacial score (nSPS) is 23.3. The van der Waals surface area contributed by atoms with E-state index >= 15 is 0 Å². The van der Waals surface area contributed by atoms with Gasteiger partial charge >= 0.3 is 0 Å². The van der Waals surface area contributed by atoms with E-state index in [4.69, 9.17) is 21.4 Å². The van der Waals surface area contributed by atoms with Crippen LogP contribution in [0.3, 0.4) is 0 Å². The van der Waals surface area contributed by atoms with E-state index in [0.29, 0.717) is 60.3 Å². The number of amides is 1. The first-order valence-electron chi connectivity index (χ1n) is 16.1. The monoisotopic (exact) mass is 665 g/mol. The maximum Gasteiger partial charge on any atom is 0.227 e. The van der Waals surface area contributed by atoms with Gasteiger partial charge in [0.15, 0.2) is 0 Å². The Morgan fingerprint density at radius 2 is 1.70 bits per heavy atom. The highest BCUT2D eigenvalue weighted by Crippen LogP contribution is 2.43. The van der Waals surface area contributed by atoms with E-state index in [1.165, 1.54) is 6.07 Å². The number of aliphatic hydroxyl groups is 5. The third kappa shape index (κ3) is 8.82. The first-order valence-corrected chi connectivity index (χ1v) is 16.4. The van der Waals surface area contributed by atoms with E-state index in [2.05, 4.69) is 20.2 Å². The molecule has 0 spiro atoms. The molecule has 12 nitrogen and oxygen atoms in total. The molecular weight excluding hydrogens is 621 g/mol. The first-order chi connectivity index (χ1) is 22.1. The molecular formula is C32H45ClFN5O7. The molecule has 1 aromatic heterocycles. The van der Waals surface area contributed by atoms with Gasteiger partial charge in [0.1, 0.15) is 29.9 Å². The van der Waals surface area contributed by atoms with Crippen molar-refractivity contribution in [3.8, 4) is 5.75 Å². The highest BCUT2D eigenvalue weighted by atomic mass is 35.5. The van der Waals surface area contributed by atoms with Crippen LogP contribution in [0.1, 0.15) is 31.2 Å². The summed E-state index contributed by atoms with van der Waals surface area (Å²) in [5.41, 5.74) is 0.318. The number of piperidine rings is 1. The van der Waals surface area contributed by atoms with E-state index in [1.807, 2.05) is 0 Å². The van der Waals surface area contributed by atoms with Crippen LogP contribution < -0.4 is 15.0 Å². The second-order valence-corrected chi connectivity index (χ2v) is 13.4. The molecule has 2 aliphatic heterocycles. The van der Waals surface area contributed by atoms with Gasteiger partial charge in [-0.2, -0.15) is 0 Å². The van der Waals surface area contributed by atoms with Gasteiger partial charge in [0.2, 0.25) is 11.9 Å². The standard InChI is InChI=1S/C32H45ClFN5O7/c33-24-12-36-32(37-13-24)38-5-3-21(4-6-38)23-7-19(8-23)18-46-25-2-1-22(26(34)10-25)9-29(43)39-15-20(16-39)11-35-14-27(41)30(44)31(45)28(42)17-40/h1-2,10,12-13,19-21,23,27-28,30-31,35,40-42,44-45H,3-9,11,14-18H2/t19?,23?,27-,28+,30+,31+/m0/s1. The number of carbonyl (C=O) groups is 1. The van der Waals surface area contributed by atoms with Crippen LogP contribution in [-0.4, -0.2) is 123 Å². The van der Waals surface area contributed by atoms with Gasteiger partial charge in [0.25, 0.3) is 0 Å². The number of likely N-dealkylation sites (tertiary alicyclic amines) is 1. The van der Waals surface area contributed by atoms with E-state index in [9.17, 15) is 29.6 Å². The van der Waals surface area contributed by atoms with Crippen LogP contribution in [0.15, 0.2) is 30.6 Å². The summed E-state index contributed by atoms with van der Waals surface area (Å²) in [6.07, 6.45) is 1.49. The number of hydrogen-bond acceptors (Lipinski definition) is 11. The summed E-state index contributed by atoms with van der Waals surface area (Å²) in [4.78, 5) is 25.2. The molecule has 1 aliphatic carbocycles. The zero-order valence-electron chi connectivity index (χ0n) is 25.8. The van der Waals surface area contributed by atoms with Crippen LogP contribution >= 0.6 is 11.6 Å². The van der Waals surface area contributed by atoms with Crippen molar-refractivity contribution in [2.24, 2.45) is 23.7 Å². The Morgan fingerprint density at radius 3 is 2.35 bits per heavy atom. The van der Waals surface area contributed by atoms with Crippen LogP contribution in [0.2, 0.25) is 5.02 Å². The van der Waals surface area contributed by atoms with Gasteiger partial charge in [0.05, 0.1) is 43.2 Å². The second kappa shape index (κ2) is 16.0. The Kier molecular flexibility index (Phi) is 12.0. The van der Waals surface area contributed by atoms with Gasteiger partial charge in [-0.25, -0.2) is 14.4 Å². The summed E-state index contributed by atoms with van der Waals surface area (Å²) >= 11 is 5.90. The third-order valence-corrected chi connectivity index (χ3v) is 9.84. The number of ether oxygens (including phenoxy) is 1. The summed E-state index contributed by atoms with van der Waals surface area (Å²) < 4.78 is 20.8.